The number of aliphatic hydroxyl groups is 1. The number of hydrogen-bond acceptors (Lipinski definition) is 1. The molecule has 0 heterocycles. The summed E-state index contributed by atoms with van der Waals surface area (Å²) in [7, 11) is 0. The van der Waals surface area contributed by atoms with Gasteiger partial charge in [0.25, 0.3) is 0 Å². The summed E-state index contributed by atoms with van der Waals surface area (Å²) in [5.74, 6) is 3.07. The number of hydrogen-bond donors (Lipinski definition) is 1. The van der Waals surface area contributed by atoms with Crippen LogP contribution >= 0.6 is 0 Å². The fraction of sp³-hybridized carbons (Fsp3) is 1.00. The Bertz CT molecular complexity index is 311. The number of rotatable bonds is 1. The zero-order chi connectivity index (χ0) is 11.7. The zero-order valence-corrected chi connectivity index (χ0v) is 11.2. The van der Waals surface area contributed by atoms with E-state index in [0.29, 0.717) is 11.3 Å². The fourth-order valence-corrected chi connectivity index (χ4v) is 5.51. The predicted molar refractivity (Wildman–Crippen MR) is 66.0 cm³/mol. The Hall–Kier alpha value is -0.0400. The molecule has 3 aliphatic carbocycles. The van der Waals surface area contributed by atoms with E-state index in [1.807, 2.05) is 0 Å². The molecular formula is C15H26O. The van der Waals surface area contributed by atoms with E-state index in [-0.39, 0.29) is 11.5 Å². The van der Waals surface area contributed by atoms with Gasteiger partial charge < -0.3 is 5.11 Å². The van der Waals surface area contributed by atoms with E-state index in [1.165, 1.54) is 25.7 Å². The highest BCUT2D eigenvalue weighted by Gasteiger charge is 2.70. The van der Waals surface area contributed by atoms with E-state index in [4.69, 9.17) is 0 Å². The van der Waals surface area contributed by atoms with Crippen LogP contribution in [-0.4, -0.2) is 11.2 Å². The first kappa shape index (κ1) is 11.1. The van der Waals surface area contributed by atoms with Crippen molar-refractivity contribution in [2.75, 3.05) is 0 Å². The summed E-state index contributed by atoms with van der Waals surface area (Å²) in [5, 5.41) is 10.6. The standard InChI is InChI=1S/C15H26O/c1-9(2)10-7-11-12-5-6-14(3,13(11)16)15(12,4)8-10/h9-13,16H,5-8H2,1-4H3/t10?,11?,12?,13?,14-,15?/m1/s1. The van der Waals surface area contributed by atoms with Crippen molar-refractivity contribution >= 4 is 0 Å². The van der Waals surface area contributed by atoms with Gasteiger partial charge in [-0.25, -0.2) is 0 Å². The summed E-state index contributed by atoms with van der Waals surface area (Å²) >= 11 is 0. The summed E-state index contributed by atoms with van der Waals surface area (Å²) in [5.41, 5.74) is 0.663. The van der Waals surface area contributed by atoms with Crippen LogP contribution in [0.5, 0.6) is 0 Å². The van der Waals surface area contributed by atoms with Gasteiger partial charge >= 0.3 is 0 Å². The normalized spacial score (nSPS) is 59.6. The molecule has 6 atom stereocenters. The molecule has 0 aromatic carbocycles. The highest BCUT2D eigenvalue weighted by atomic mass is 16.3. The van der Waals surface area contributed by atoms with Crippen LogP contribution in [0.4, 0.5) is 0 Å². The topological polar surface area (TPSA) is 20.2 Å². The molecule has 1 heteroatoms. The van der Waals surface area contributed by atoms with Crippen LogP contribution < -0.4 is 0 Å². The number of aliphatic hydroxyl groups excluding tert-OH is 1. The van der Waals surface area contributed by atoms with Gasteiger partial charge in [-0.05, 0) is 60.2 Å². The lowest BCUT2D eigenvalue weighted by Gasteiger charge is -2.44. The molecule has 3 rings (SSSR count). The van der Waals surface area contributed by atoms with E-state index >= 15 is 0 Å². The van der Waals surface area contributed by atoms with E-state index < -0.39 is 0 Å². The predicted octanol–water partition coefficient (Wildman–Crippen LogP) is 3.47. The lowest BCUT2D eigenvalue weighted by molar-refractivity contribution is -0.00639. The van der Waals surface area contributed by atoms with E-state index in [1.54, 1.807) is 0 Å². The van der Waals surface area contributed by atoms with Gasteiger partial charge in [0, 0.05) is 0 Å². The monoisotopic (exact) mass is 222 g/mol. The third-order valence-electron chi connectivity index (χ3n) is 6.88. The maximum Gasteiger partial charge on any atom is 0.0630 e. The molecule has 0 aliphatic heterocycles. The molecule has 0 radical (unpaired) electrons. The van der Waals surface area contributed by atoms with Crippen molar-refractivity contribution in [2.24, 2.45) is 34.5 Å². The molecule has 0 saturated heterocycles. The molecule has 92 valence electrons. The molecule has 3 aliphatic rings. The van der Waals surface area contributed by atoms with Crippen molar-refractivity contribution in [2.45, 2.75) is 59.5 Å². The molecule has 16 heavy (non-hydrogen) atoms. The summed E-state index contributed by atoms with van der Waals surface area (Å²) in [4.78, 5) is 0. The van der Waals surface area contributed by atoms with Gasteiger partial charge in [-0.3, -0.25) is 0 Å². The van der Waals surface area contributed by atoms with Gasteiger partial charge in [-0.15, -0.1) is 0 Å². The Morgan fingerprint density at radius 1 is 1.19 bits per heavy atom. The van der Waals surface area contributed by atoms with E-state index in [2.05, 4.69) is 27.7 Å². The van der Waals surface area contributed by atoms with Gasteiger partial charge in [0.15, 0.2) is 0 Å². The smallest absolute Gasteiger partial charge is 0.0630 e. The van der Waals surface area contributed by atoms with Crippen LogP contribution in [-0.2, 0) is 0 Å². The average molecular weight is 222 g/mol. The van der Waals surface area contributed by atoms with Crippen molar-refractivity contribution < 1.29 is 5.11 Å². The SMILES string of the molecule is CC(C)C1CC2C3CC[C@](C)(C2O)C3(C)C1. The van der Waals surface area contributed by atoms with Crippen LogP contribution in [0.1, 0.15) is 53.4 Å². The second-order valence-corrected chi connectivity index (χ2v) is 7.53. The molecule has 0 aromatic heterocycles. The Morgan fingerprint density at radius 3 is 2.44 bits per heavy atom. The molecule has 3 saturated carbocycles. The molecule has 0 spiro atoms. The maximum absolute atomic E-state index is 10.6. The Balaban J connectivity index is 1.99. The van der Waals surface area contributed by atoms with Crippen molar-refractivity contribution in [3.8, 4) is 0 Å². The van der Waals surface area contributed by atoms with Crippen LogP contribution in [0, 0.1) is 34.5 Å². The molecule has 0 amide bonds. The Kier molecular flexibility index (Phi) is 2.11. The molecule has 1 nitrogen and oxygen atoms in total. The summed E-state index contributed by atoms with van der Waals surface area (Å²) in [6.45, 7) is 9.55. The summed E-state index contributed by atoms with van der Waals surface area (Å²) in [6, 6.07) is 0. The van der Waals surface area contributed by atoms with Crippen molar-refractivity contribution in [3.05, 3.63) is 0 Å². The van der Waals surface area contributed by atoms with Crippen LogP contribution in [0.15, 0.2) is 0 Å². The van der Waals surface area contributed by atoms with Crippen molar-refractivity contribution in [1.29, 1.82) is 0 Å². The minimum Gasteiger partial charge on any atom is -0.392 e. The lowest BCUT2D eigenvalue weighted by Crippen LogP contribution is -2.38. The first-order chi connectivity index (χ1) is 7.40. The highest BCUT2D eigenvalue weighted by molar-refractivity contribution is 5.18. The van der Waals surface area contributed by atoms with E-state index in [0.717, 1.165) is 17.8 Å². The molecule has 3 fully saturated rings. The Labute approximate surface area is 99.6 Å². The molecule has 0 aromatic rings. The summed E-state index contributed by atoms with van der Waals surface area (Å²) < 4.78 is 0. The third-order valence-corrected chi connectivity index (χ3v) is 6.88. The van der Waals surface area contributed by atoms with Crippen LogP contribution in [0.3, 0.4) is 0 Å². The Morgan fingerprint density at radius 2 is 1.88 bits per heavy atom. The average Bonchev–Trinajstić information content (AvgIpc) is 2.53. The maximum atomic E-state index is 10.6. The van der Waals surface area contributed by atoms with Crippen LogP contribution in [0.2, 0.25) is 0 Å². The van der Waals surface area contributed by atoms with Gasteiger partial charge in [-0.1, -0.05) is 27.7 Å². The third kappa shape index (κ3) is 1.02. The van der Waals surface area contributed by atoms with Gasteiger partial charge in [-0.2, -0.15) is 0 Å². The minimum absolute atomic E-state index is 0.0139. The summed E-state index contributed by atoms with van der Waals surface area (Å²) in [6.07, 6.45) is 5.27. The second kappa shape index (κ2) is 3.04. The zero-order valence-electron chi connectivity index (χ0n) is 11.2. The van der Waals surface area contributed by atoms with Gasteiger partial charge in [0.05, 0.1) is 6.10 Å². The second-order valence-electron chi connectivity index (χ2n) is 7.53. The fourth-order valence-electron chi connectivity index (χ4n) is 5.51. The quantitative estimate of drug-likeness (QED) is 0.720. The highest BCUT2D eigenvalue weighted by Crippen LogP contribution is 2.73. The van der Waals surface area contributed by atoms with Crippen LogP contribution in [0.25, 0.3) is 0 Å². The first-order valence-corrected chi connectivity index (χ1v) is 7.08. The van der Waals surface area contributed by atoms with Gasteiger partial charge in [0.2, 0.25) is 0 Å². The largest absolute Gasteiger partial charge is 0.392 e. The van der Waals surface area contributed by atoms with Gasteiger partial charge in [0.1, 0.15) is 0 Å². The molecule has 4 bridgehead atoms. The van der Waals surface area contributed by atoms with E-state index in [9.17, 15) is 5.11 Å². The molecule has 5 unspecified atom stereocenters. The molecular weight excluding hydrogens is 196 g/mol. The first-order valence-electron chi connectivity index (χ1n) is 7.08. The lowest BCUT2D eigenvalue weighted by atomic mass is 9.60. The van der Waals surface area contributed by atoms with Crippen molar-refractivity contribution in [3.63, 3.8) is 0 Å². The molecule has 1 N–H and O–H groups in total. The minimum atomic E-state index is -0.0139. The van der Waals surface area contributed by atoms with Crippen molar-refractivity contribution in [1.82, 2.24) is 0 Å².